The largest absolute Gasteiger partial charge is 0.312 e. The molecule has 0 saturated heterocycles. The van der Waals surface area contributed by atoms with Crippen LogP contribution in [0.4, 0.5) is 17.1 Å². The van der Waals surface area contributed by atoms with Crippen molar-refractivity contribution in [3.05, 3.63) is 221 Å². The molecular formula is C58H42N2S. The van der Waals surface area contributed by atoms with Crippen LogP contribution in [0.25, 0.3) is 77.4 Å². The maximum absolute atomic E-state index is 2.51. The Bertz CT molecular complexity index is 3450. The fraction of sp³-hybridized carbons (Fsp3) is 0.0690. The third-order valence-corrected chi connectivity index (χ3v) is 14.0. The molecule has 0 amide bonds. The second-order valence-corrected chi connectivity index (χ2v) is 17.3. The minimum atomic E-state index is 1.03. The number of aromatic nitrogens is 1. The molecule has 10 aromatic rings. The molecule has 0 radical (unpaired) electrons. The van der Waals surface area contributed by atoms with Crippen LogP contribution in [0.2, 0.25) is 0 Å². The van der Waals surface area contributed by atoms with E-state index in [-0.39, 0.29) is 0 Å². The molecule has 61 heavy (non-hydrogen) atoms. The Kier molecular flexibility index (Phi) is 8.67. The number of hydrogen-bond donors (Lipinski definition) is 0. The SMILES string of the molecule is C1=Cc2c(n(-c3ccccc3-c3ccc(N(c4ccc(C5=c6sc7ccccc7c6=CCC5)cc4)c4ccc(-c5cccc6ccccc56)cc4)cc3)c3ccccc23)CC1. The highest BCUT2D eigenvalue weighted by Gasteiger charge is 2.21. The number of rotatable bonds is 7. The average Bonchev–Trinajstić information content (AvgIpc) is 3.88. The number of nitrogens with zero attached hydrogens (tertiary/aromatic N) is 2. The van der Waals surface area contributed by atoms with Crippen molar-refractivity contribution < 1.29 is 0 Å². The van der Waals surface area contributed by atoms with E-state index >= 15 is 0 Å². The van der Waals surface area contributed by atoms with E-state index in [2.05, 4.69) is 216 Å². The minimum Gasteiger partial charge on any atom is -0.312 e. The number of para-hydroxylation sites is 2. The number of hydrogen-bond acceptors (Lipinski definition) is 2. The first-order chi connectivity index (χ1) is 30.3. The van der Waals surface area contributed by atoms with Crippen molar-refractivity contribution in [1.29, 1.82) is 0 Å². The third-order valence-electron chi connectivity index (χ3n) is 12.8. The zero-order valence-electron chi connectivity index (χ0n) is 33.8. The maximum atomic E-state index is 2.51. The highest BCUT2D eigenvalue weighted by molar-refractivity contribution is 7.17. The fourth-order valence-corrected chi connectivity index (χ4v) is 11.2. The van der Waals surface area contributed by atoms with Gasteiger partial charge in [0.15, 0.2) is 0 Å². The monoisotopic (exact) mass is 798 g/mol. The van der Waals surface area contributed by atoms with Gasteiger partial charge in [-0.25, -0.2) is 0 Å². The van der Waals surface area contributed by atoms with E-state index in [9.17, 15) is 0 Å². The van der Waals surface area contributed by atoms with Gasteiger partial charge in [-0.3, -0.25) is 0 Å². The van der Waals surface area contributed by atoms with Crippen molar-refractivity contribution in [3.8, 4) is 27.9 Å². The topological polar surface area (TPSA) is 8.17 Å². The quantitative estimate of drug-likeness (QED) is 0.156. The van der Waals surface area contributed by atoms with E-state index in [0.29, 0.717) is 0 Å². The Morgan fingerprint density at radius 1 is 0.475 bits per heavy atom. The van der Waals surface area contributed by atoms with Gasteiger partial charge in [-0.05, 0) is 129 Å². The highest BCUT2D eigenvalue weighted by Crippen LogP contribution is 2.41. The molecule has 290 valence electrons. The molecule has 0 unspecified atom stereocenters. The molecule has 3 heteroatoms. The Morgan fingerprint density at radius 3 is 1.87 bits per heavy atom. The van der Waals surface area contributed by atoms with Crippen LogP contribution in [0.3, 0.4) is 0 Å². The van der Waals surface area contributed by atoms with Gasteiger partial charge in [0, 0.05) is 48.5 Å². The highest BCUT2D eigenvalue weighted by atomic mass is 32.1. The summed E-state index contributed by atoms with van der Waals surface area (Å²) in [4.78, 5) is 2.40. The summed E-state index contributed by atoms with van der Waals surface area (Å²) >= 11 is 1.93. The number of fused-ring (bicyclic) bond motifs is 7. The zero-order valence-corrected chi connectivity index (χ0v) is 34.6. The van der Waals surface area contributed by atoms with Crippen LogP contribution in [0.1, 0.15) is 36.1 Å². The minimum absolute atomic E-state index is 1.03. The first-order valence-corrected chi connectivity index (χ1v) is 22.3. The lowest BCUT2D eigenvalue weighted by atomic mass is 9.96. The van der Waals surface area contributed by atoms with Crippen LogP contribution in [0.15, 0.2) is 194 Å². The molecule has 2 aromatic heterocycles. The third kappa shape index (κ3) is 6.07. The van der Waals surface area contributed by atoms with E-state index in [4.69, 9.17) is 0 Å². The Morgan fingerprint density at radius 2 is 1.08 bits per heavy atom. The average molecular weight is 799 g/mol. The molecule has 0 bridgehead atoms. The summed E-state index contributed by atoms with van der Waals surface area (Å²) in [6, 6.07) is 69.4. The number of thiophene rings is 1. The van der Waals surface area contributed by atoms with Crippen molar-refractivity contribution in [3.63, 3.8) is 0 Å². The van der Waals surface area contributed by atoms with Crippen LogP contribution >= 0.6 is 11.3 Å². The van der Waals surface area contributed by atoms with Crippen LogP contribution in [-0.4, -0.2) is 4.57 Å². The van der Waals surface area contributed by atoms with Gasteiger partial charge in [-0.2, -0.15) is 0 Å². The molecule has 0 atom stereocenters. The molecular weight excluding hydrogens is 757 g/mol. The van der Waals surface area contributed by atoms with E-state index in [1.165, 1.54) is 91.8 Å². The lowest BCUT2D eigenvalue weighted by molar-refractivity contribution is 0.889. The van der Waals surface area contributed by atoms with Crippen LogP contribution < -0.4 is 14.7 Å². The smallest absolute Gasteiger partial charge is 0.0537 e. The van der Waals surface area contributed by atoms with E-state index < -0.39 is 0 Å². The Hall–Kier alpha value is -7.20. The lowest BCUT2D eigenvalue weighted by Crippen LogP contribution is -2.25. The molecule has 2 aliphatic rings. The van der Waals surface area contributed by atoms with Gasteiger partial charge in [0.25, 0.3) is 0 Å². The van der Waals surface area contributed by atoms with E-state index in [0.717, 1.165) is 42.7 Å². The Balaban J connectivity index is 0.958. The van der Waals surface area contributed by atoms with Gasteiger partial charge in [-0.15, -0.1) is 11.3 Å². The van der Waals surface area contributed by atoms with E-state index in [1.54, 1.807) is 0 Å². The first-order valence-electron chi connectivity index (χ1n) is 21.5. The molecule has 2 aliphatic carbocycles. The molecule has 0 saturated carbocycles. The summed E-state index contributed by atoms with van der Waals surface area (Å²) in [7, 11) is 0. The predicted molar refractivity (Wildman–Crippen MR) is 261 cm³/mol. The van der Waals surface area contributed by atoms with Crippen molar-refractivity contribution in [1.82, 2.24) is 4.57 Å². The summed E-state index contributed by atoms with van der Waals surface area (Å²) in [6.07, 6.45) is 11.3. The van der Waals surface area contributed by atoms with E-state index in [1.807, 2.05) is 11.3 Å². The number of anilines is 3. The summed E-state index contributed by atoms with van der Waals surface area (Å²) in [6.45, 7) is 0. The van der Waals surface area contributed by atoms with Gasteiger partial charge in [0.2, 0.25) is 0 Å². The second-order valence-electron chi connectivity index (χ2n) is 16.2. The second kappa shape index (κ2) is 14.8. The molecule has 0 spiro atoms. The van der Waals surface area contributed by atoms with Gasteiger partial charge >= 0.3 is 0 Å². The number of allylic oxidation sites excluding steroid dienone is 1. The summed E-state index contributed by atoms with van der Waals surface area (Å²) in [5, 5.41) is 6.62. The van der Waals surface area contributed by atoms with Gasteiger partial charge in [0.05, 0.1) is 11.2 Å². The van der Waals surface area contributed by atoms with Gasteiger partial charge in [-0.1, -0.05) is 152 Å². The summed E-state index contributed by atoms with van der Waals surface area (Å²) in [5.41, 5.74) is 16.2. The standard InChI is InChI=1S/C58H42N2S/c1-2-15-46-39(13-1)14-11-20-47(46)40-27-33-43(34-28-40)59(45-37-31-42(32-38-45)49-21-12-22-53-52-19-6-10-26-57(52)61-58(49)53)44-35-29-41(30-36-44)48-16-3-7-23-54(48)60-55-24-8-4-17-50(55)51-18-5-9-25-56(51)60/h1-8,10-11,13-20,22-24,26-38H,9,12,21,25H2. The van der Waals surface area contributed by atoms with Crippen LogP contribution in [0, 0.1) is 0 Å². The molecule has 2 heterocycles. The zero-order chi connectivity index (χ0) is 40.3. The lowest BCUT2D eigenvalue weighted by Gasteiger charge is -2.26. The molecule has 0 N–H and O–H groups in total. The first kappa shape index (κ1) is 35.7. The van der Waals surface area contributed by atoms with Crippen molar-refractivity contribution in [2.75, 3.05) is 4.90 Å². The Labute approximate surface area is 359 Å². The van der Waals surface area contributed by atoms with Gasteiger partial charge < -0.3 is 9.47 Å². The predicted octanol–water partition coefficient (Wildman–Crippen LogP) is 14.5. The van der Waals surface area contributed by atoms with Crippen molar-refractivity contribution in [2.24, 2.45) is 0 Å². The van der Waals surface area contributed by atoms with Crippen molar-refractivity contribution in [2.45, 2.75) is 25.7 Å². The summed E-state index contributed by atoms with van der Waals surface area (Å²) in [5.74, 6) is 0. The fourth-order valence-electron chi connectivity index (χ4n) is 9.92. The summed E-state index contributed by atoms with van der Waals surface area (Å²) < 4.78 is 5.29. The molecule has 8 aromatic carbocycles. The van der Waals surface area contributed by atoms with Crippen LogP contribution in [-0.2, 0) is 6.42 Å². The van der Waals surface area contributed by atoms with Gasteiger partial charge in [0.1, 0.15) is 0 Å². The van der Waals surface area contributed by atoms with Crippen molar-refractivity contribution >= 4 is 77.9 Å². The molecule has 0 fully saturated rings. The molecule has 12 rings (SSSR count). The molecule has 2 nitrogen and oxygen atoms in total. The normalized spacial score (nSPS) is 13.3. The number of benzene rings is 8. The maximum Gasteiger partial charge on any atom is 0.0537 e. The van der Waals surface area contributed by atoms with Crippen LogP contribution in [0.5, 0.6) is 0 Å². The molecule has 0 aliphatic heterocycles.